The molecule has 67 valence electrons. The first-order chi connectivity index (χ1) is 4.89. The lowest BCUT2D eigenvalue weighted by molar-refractivity contribution is 0.208. The normalized spacial score (nSPS) is 18.0. The summed E-state index contributed by atoms with van der Waals surface area (Å²) in [5, 5.41) is 0. The van der Waals surface area contributed by atoms with Crippen molar-refractivity contribution < 1.29 is 0 Å². The van der Waals surface area contributed by atoms with Gasteiger partial charge in [-0.2, -0.15) is 0 Å². The Morgan fingerprint density at radius 3 is 2.00 bits per heavy atom. The Morgan fingerprint density at radius 1 is 1.27 bits per heavy atom. The van der Waals surface area contributed by atoms with Gasteiger partial charge in [-0.25, -0.2) is 0 Å². The van der Waals surface area contributed by atoms with Crippen molar-refractivity contribution in [3.8, 4) is 0 Å². The molecule has 2 atom stereocenters. The van der Waals surface area contributed by atoms with E-state index in [1.54, 1.807) is 0 Å². The Labute approximate surface area is 72.4 Å². The maximum Gasteiger partial charge on any atom is -0.0326 e. The van der Waals surface area contributed by atoms with Crippen molar-refractivity contribution in [1.29, 1.82) is 0 Å². The van der Waals surface area contributed by atoms with Crippen molar-refractivity contribution in [3.63, 3.8) is 0 Å². The van der Waals surface area contributed by atoms with E-state index in [-0.39, 0.29) is 5.41 Å². The van der Waals surface area contributed by atoms with Gasteiger partial charge in [-0.05, 0) is 24.2 Å². The third-order valence-electron chi connectivity index (χ3n) is 2.83. The monoisotopic (exact) mass is 155 g/mol. The van der Waals surface area contributed by atoms with Gasteiger partial charge in [0.25, 0.3) is 0 Å². The standard InChI is InChI=1S/C11H23/c1-7-8-9(2)10(3)11(4,5)6/h9-10H,4,7-8H2,1-3,5-6H3. The maximum atomic E-state index is 4.17. The molecular formula is C11H23. The SMILES string of the molecule is [CH2]C(C)(C)C(C)C(C)CCC. The summed E-state index contributed by atoms with van der Waals surface area (Å²) >= 11 is 0. The highest BCUT2D eigenvalue weighted by molar-refractivity contribution is 4.80. The summed E-state index contributed by atoms with van der Waals surface area (Å²) in [6.07, 6.45) is 2.63. The molecule has 0 aromatic heterocycles. The van der Waals surface area contributed by atoms with E-state index in [2.05, 4.69) is 41.5 Å². The van der Waals surface area contributed by atoms with Crippen molar-refractivity contribution in [1.82, 2.24) is 0 Å². The minimum absolute atomic E-state index is 0.231. The summed E-state index contributed by atoms with van der Waals surface area (Å²) in [4.78, 5) is 0. The van der Waals surface area contributed by atoms with E-state index in [0.29, 0.717) is 0 Å². The van der Waals surface area contributed by atoms with Gasteiger partial charge >= 0.3 is 0 Å². The molecule has 0 heterocycles. The van der Waals surface area contributed by atoms with Crippen LogP contribution in [0, 0.1) is 24.2 Å². The van der Waals surface area contributed by atoms with Gasteiger partial charge in [-0.15, -0.1) is 0 Å². The Morgan fingerprint density at radius 2 is 1.73 bits per heavy atom. The molecule has 0 aromatic carbocycles. The molecule has 0 heteroatoms. The predicted molar refractivity (Wildman–Crippen MR) is 52.4 cm³/mol. The summed E-state index contributed by atoms with van der Waals surface area (Å²) in [5.41, 5.74) is 0.231. The van der Waals surface area contributed by atoms with Crippen LogP contribution in [0.4, 0.5) is 0 Å². The van der Waals surface area contributed by atoms with E-state index >= 15 is 0 Å². The molecular weight excluding hydrogens is 132 g/mol. The molecule has 0 aliphatic carbocycles. The highest BCUT2D eigenvalue weighted by atomic mass is 14.3. The second kappa shape index (κ2) is 4.13. The van der Waals surface area contributed by atoms with Crippen LogP contribution < -0.4 is 0 Å². The summed E-state index contributed by atoms with van der Waals surface area (Å²) in [7, 11) is 0. The molecule has 0 saturated carbocycles. The van der Waals surface area contributed by atoms with E-state index in [4.69, 9.17) is 0 Å². The van der Waals surface area contributed by atoms with Crippen molar-refractivity contribution in [2.24, 2.45) is 17.3 Å². The van der Waals surface area contributed by atoms with E-state index < -0.39 is 0 Å². The smallest absolute Gasteiger partial charge is 0.0326 e. The average molecular weight is 155 g/mol. The lowest BCUT2D eigenvalue weighted by atomic mass is 9.74. The molecule has 0 saturated heterocycles. The molecule has 0 aromatic rings. The van der Waals surface area contributed by atoms with Gasteiger partial charge in [-0.1, -0.05) is 47.5 Å². The number of hydrogen-bond donors (Lipinski definition) is 0. The van der Waals surface area contributed by atoms with Crippen molar-refractivity contribution in [2.45, 2.75) is 47.5 Å². The molecule has 2 unspecified atom stereocenters. The highest BCUT2D eigenvalue weighted by Crippen LogP contribution is 2.33. The van der Waals surface area contributed by atoms with Crippen molar-refractivity contribution in [3.05, 3.63) is 6.92 Å². The maximum absolute atomic E-state index is 4.17. The lowest BCUT2D eigenvalue weighted by Crippen LogP contribution is -2.24. The van der Waals surface area contributed by atoms with Crippen LogP contribution in [0.3, 0.4) is 0 Å². The largest absolute Gasteiger partial charge is 0.0654 e. The number of hydrogen-bond acceptors (Lipinski definition) is 0. The first-order valence-electron chi connectivity index (χ1n) is 4.75. The molecule has 0 aliphatic heterocycles. The predicted octanol–water partition coefficient (Wildman–Crippen LogP) is 3.92. The summed E-state index contributed by atoms with van der Waals surface area (Å²) < 4.78 is 0. The van der Waals surface area contributed by atoms with Gasteiger partial charge in [0.15, 0.2) is 0 Å². The fourth-order valence-electron chi connectivity index (χ4n) is 1.48. The summed E-state index contributed by atoms with van der Waals surface area (Å²) in [5.74, 6) is 1.54. The summed E-state index contributed by atoms with van der Waals surface area (Å²) in [6.45, 7) is 15.5. The van der Waals surface area contributed by atoms with Crippen LogP contribution in [0.5, 0.6) is 0 Å². The zero-order valence-electron chi connectivity index (χ0n) is 8.78. The van der Waals surface area contributed by atoms with E-state index in [9.17, 15) is 0 Å². The third kappa shape index (κ3) is 3.79. The second-order valence-corrected chi connectivity index (χ2v) is 4.54. The van der Waals surface area contributed by atoms with Crippen LogP contribution in [0.2, 0.25) is 0 Å². The molecule has 0 amide bonds. The topological polar surface area (TPSA) is 0 Å². The molecule has 0 N–H and O–H groups in total. The van der Waals surface area contributed by atoms with Crippen LogP contribution in [0.15, 0.2) is 0 Å². The zero-order chi connectivity index (χ0) is 9.07. The molecule has 0 spiro atoms. The fraction of sp³-hybridized carbons (Fsp3) is 0.909. The van der Waals surface area contributed by atoms with E-state index in [1.807, 2.05) is 0 Å². The minimum Gasteiger partial charge on any atom is -0.0654 e. The minimum atomic E-state index is 0.231. The molecule has 11 heavy (non-hydrogen) atoms. The number of rotatable bonds is 4. The summed E-state index contributed by atoms with van der Waals surface area (Å²) in [6, 6.07) is 0. The molecule has 0 nitrogen and oxygen atoms in total. The second-order valence-electron chi connectivity index (χ2n) is 4.54. The fourth-order valence-corrected chi connectivity index (χ4v) is 1.48. The van der Waals surface area contributed by atoms with Gasteiger partial charge in [-0.3, -0.25) is 0 Å². The van der Waals surface area contributed by atoms with Gasteiger partial charge < -0.3 is 0 Å². The molecule has 0 rings (SSSR count). The van der Waals surface area contributed by atoms with E-state index in [1.165, 1.54) is 12.8 Å². The Kier molecular flexibility index (Phi) is 4.13. The highest BCUT2D eigenvalue weighted by Gasteiger charge is 2.24. The van der Waals surface area contributed by atoms with Crippen LogP contribution in [-0.4, -0.2) is 0 Å². The van der Waals surface area contributed by atoms with Crippen molar-refractivity contribution >= 4 is 0 Å². The molecule has 0 aliphatic rings. The molecule has 0 fully saturated rings. The van der Waals surface area contributed by atoms with Gasteiger partial charge in [0.1, 0.15) is 0 Å². The zero-order valence-corrected chi connectivity index (χ0v) is 8.78. The van der Waals surface area contributed by atoms with Crippen LogP contribution in [-0.2, 0) is 0 Å². The average Bonchev–Trinajstić information content (AvgIpc) is 1.85. The lowest BCUT2D eigenvalue weighted by Gasteiger charge is -2.32. The van der Waals surface area contributed by atoms with Crippen molar-refractivity contribution in [2.75, 3.05) is 0 Å². The third-order valence-corrected chi connectivity index (χ3v) is 2.83. The van der Waals surface area contributed by atoms with Crippen LogP contribution in [0.1, 0.15) is 47.5 Å². The van der Waals surface area contributed by atoms with Gasteiger partial charge in [0, 0.05) is 0 Å². The first-order valence-corrected chi connectivity index (χ1v) is 4.75. The van der Waals surface area contributed by atoms with Crippen LogP contribution >= 0.6 is 0 Å². The first kappa shape index (κ1) is 11.0. The Balaban J connectivity index is 3.91. The van der Waals surface area contributed by atoms with Gasteiger partial charge in [0.2, 0.25) is 0 Å². The van der Waals surface area contributed by atoms with E-state index in [0.717, 1.165) is 11.8 Å². The Bertz CT molecular complexity index is 97.1. The quantitative estimate of drug-likeness (QED) is 0.577. The molecule has 1 radical (unpaired) electrons. The van der Waals surface area contributed by atoms with Crippen LogP contribution in [0.25, 0.3) is 0 Å². The molecule has 0 bridgehead atoms. The Hall–Kier alpha value is 0. The van der Waals surface area contributed by atoms with Gasteiger partial charge in [0.05, 0.1) is 0 Å².